The summed E-state index contributed by atoms with van der Waals surface area (Å²) in [6.45, 7) is 0. The normalized spacial score (nSPS) is 13.6. The zero-order valence-corrected chi connectivity index (χ0v) is 5.83. The maximum atomic E-state index is 10.5. The number of nitrogens with zero attached hydrogens (tertiary/aromatic N) is 2. The zero-order chi connectivity index (χ0) is 5.98. The predicted molar refractivity (Wildman–Crippen MR) is 32.2 cm³/mol. The quantitative estimate of drug-likeness (QED) is 0.574. The van der Waals surface area contributed by atoms with Crippen molar-refractivity contribution < 1.29 is 4.21 Å². The number of rotatable bonds is 1. The van der Waals surface area contributed by atoms with Gasteiger partial charge in [-0.1, -0.05) is 11.3 Å². The summed E-state index contributed by atoms with van der Waals surface area (Å²) < 4.78 is 11.1. The molecule has 0 aliphatic carbocycles. The van der Waals surface area contributed by atoms with Crippen molar-refractivity contribution in [2.24, 2.45) is 0 Å². The van der Waals surface area contributed by atoms with E-state index in [1.165, 1.54) is 11.3 Å². The van der Waals surface area contributed by atoms with Crippen LogP contribution < -0.4 is 0 Å². The Kier molecular flexibility index (Phi) is 1.69. The van der Waals surface area contributed by atoms with Crippen molar-refractivity contribution >= 4 is 22.1 Å². The van der Waals surface area contributed by atoms with Crippen LogP contribution in [0.4, 0.5) is 0 Å². The Balaban J connectivity index is 2.93. The van der Waals surface area contributed by atoms with Crippen molar-refractivity contribution in [2.75, 3.05) is 6.26 Å². The fourth-order valence-electron chi connectivity index (χ4n) is 0.288. The summed E-state index contributed by atoms with van der Waals surface area (Å²) >= 11 is 1.31. The molecular formula is C3H4N2OS2. The van der Waals surface area contributed by atoms with E-state index in [2.05, 4.69) is 10.2 Å². The fraction of sp³-hybridized carbons (Fsp3) is 0.333. The average molecular weight is 148 g/mol. The number of hydrogen-bond acceptors (Lipinski definition) is 4. The lowest BCUT2D eigenvalue weighted by molar-refractivity contribution is 0.685. The van der Waals surface area contributed by atoms with Gasteiger partial charge < -0.3 is 0 Å². The van der Waals surface area contributed by atoms with Crippen LogP contribution in [0.5, 0.6) is 0 Å². The summed E-state index contributed by atoms with van der Waals surface area (Å²) in [5, 5.41) is 7.10. The maximum absolute atomic E-state index is 10.5. The Morgan fingerprint density at radius 3 is 2.88 bits per heavy atom. The molecule has 5 heteroatoms. The summed E-state index contributed by atoms with van der Waals surface area (Å²) in [7, 11) is -0.953. The molecule has 0 aromatic carbocycles. The van der Waals surface area contributed by atoms with Crippen molar-refractivity contribution in [1.29, 1.82) is 0 Å². The van der Waals surface area contributed by atoms with E-state index in [-0.39, 0.29) is 0 Å². The van der Waals surface area contributed by atoms with Gasteiger partial charge in [-0.05, 0) is 0 Å². The van der Waals surface area contributed by atoms with Gasteiger partial charge in [-0.15, -0.1) is 10.2 Å². The minimum atomic E-state index is -0.953. The molecule has 1 heterocycles. The van der Waals surface area contributed by atoms with E-state index in [1.807, 2.05) is 0 Å². The molecule has 8 heavy (non-hydrogen) atoms. The predicted octanol–water partition coefficient (Wildman–Crippen LogP) is 0.276. The van der Waals surface area contributed by atoms with Crippen LogP contribution in [0.1, 0.15) is 0 Å². The molecular weight excluding hydrogens is 144 g/mol. The van der Waals surface area contributed by atoms with Gasteiger partial charge in [-0.25, -0.2) is 0 Å². The molecule has 0 saturated heterocycles. The summed E-state index contributed by atoms with van der Waals surface area (Å²) in [6.07, 6.45) is 1.58. The van der Waals surface area contributed by atoms with Gasteiger partial charge in [0.2, 0.25) is 4.34 Å². The molecule has 0 radical (unpaired) electrons. The van der Waals surface area contributed by atoms with Gasteiger partial charge in [0.25, 0.3) is 0 Å². The van der Waals surface area contributed by atoms with Gasteiger partial charge in [0, 0.05) is 6.26 Å². The van der Waals surface area contributed by atoms with Crippen LogP contribution in [-0.4, -0.2) is 20.7 Å². The smallest absolute Gasteiger partial charge is 0.204 e. The Bertz CT molecular complexity index is 183. The summed E-state index contributed by atoms with van der Waals surface area (Å²) in [6, 6.07) is 0. The standard InChI is InChI=1S/C3H4N2OS2/c1-8(6)3-5-4-2-7-3/h2H,1H3. The van der Waals surface area contributed by atoms with E-state index < -0.39 is 10.8 Å². The Morgan fingerprint density at radius 2 is 2.62 bits per heavy atom. The van der Waals surface area contributed by atoms with Gasteiger partial charge in [-0.3, -0.25) is 4.21 Å². The molecule has 0 fully saturated rings. The van der Waals surface area contributed by atoms with E-state index >= 15 is 0 Å². The van der Waals surface area contributed by atoms with E-state index in [1.54, 1.807) is 11.8 Å². The molecule has 0 aliphatic heterocycles. The van der Waals surface area contributed by atoms with Gasteiger partial charge in [0.05, 0.1) is 10.8 Å². The topological polar surface area (TPSA) is 42.9 Å². The lowest BCUT2D eigenvalue weighted by Crippen LogP contribution is -1.83. The first kappa shape index (κ1) is 5.84. The first-order valence-electron chi connectivity index (χ1n) is 1.90. The summed E-state index contributed by atoms with van der Waals surface area (Å²) in [5.74, 6) is 0. The van der Waals surface area contributed by atoms with Crippen LogP contribution in [0, 0.1) is 0 Å². The molecule has 1 rings (SSSR count). The van der Waals surface area contributed by atoms with Crippen LogP contribution >= 0.6 is 11.3 Å². The second-order valence-corrected chi connectivity index (χ2v) is 3.55. The molecule has 1 aromatic heterocycles. The Morgan fingerprint density at radius 1 is 1.88 bits per heavy atom. The van der Waals surface area contributed by atoms with E-state index in [0.717, 1.165) is 0 Å². The molecule has 3 nitrogen and oxygen atoms in total. The van der Waals surface area contributed by atoms with E-state index in [4.69, 9.17) is 0 Å². The lowest BCUT2D eigenvalue weighted by Gasteiger charge is -1.78. The highest BCUT2D eigenvalue weighted by Crippen LogP contribution is 2.03. The van der Waals surface area contributed by atoms with Gasteiger partial charge in [0.1, 0.15) is 5.51 Å². The van der Waals surface area contributed by atoms with Crippen molar-refractivity contribution in [3.8, 4) is 0 Å². The van der Waals surface area contributed by atoms with Gasteiger partial charge in [0.15, 0.2) is 0 Å². The first-order chi connectivity index (χ1) is 3.80. The minimum Gasteiger partial charge on any atom is -0.252 e. The number of hydrogen-bond donors (Lipinski definition) is 0. The van der Waals surface area contributed by atoms with Gasteiger partial charge >= 0.3 is 0 Å². The van der Waals surface area contributed by atoms with Crippen molar-refractivity contribution in [3.05, 3.63) is 5.51 Å². The first-order valence-corrected chi connectivity index (χ1v) is 4.34. The molecule has 0 spiro atoms. The molecule has 44 valence electrons. The average Bonchev–Trinajstić information content (AvgIpc) is 2.12. The Hall–Kier alpha value is -0.290. The molecule has 1 aromatic rings. The summed E-state index contributed by atoms with van der Waals surface area (Å²) in [4.78, 5) is 0. The van der Waals surface area contributed by atoms with Crippen molar-refractivity contribution in [1.82, 2.24) is 10.2 Å². The monoisotopic (exact) mass is 148 g/mol. The third-order valence-corrected chi connectivity index (χ3v) is 2.64. The third kappa shape index (κ3) is 1.10. The highest BCUT2D eigenvalue weighted by Gasteiger charge is 1.97. The van der Waals surface area contributed by atoms with Crippen molar-refractivity contribution in [2.45, 2.75) is 4.34 Å². The van der Waals surface area contributed by atoms with E-state index in [0.29, 0.717) is 4.34 Å². The molecule has 1 unspecified atom stereocenters. The largest absolute Gasteiger partial charge is 0.252 e. The maximum Gasteiger partial charge on any atom is 0.204 e. The van der Waals surface area contributed by atoms with Crippen LogP contribution in [0.3, 0.4) is 0 Å². The second-order valence-electron chi connectivity index (χ2n) is 1.16. The third-order valence-electron chi connectivity index (χ3n) is 0.586. The van der Waals surface area contributed by atoms with Crippen LogP contribution in [0.25, 0.3) is 0 Å². The molecule has 0 saturated carbocycles. The second kappa shape index (κ2) is 2.32. The SMILES string of the molecule is CS(=O)c1nncs1. The van der Waals surface area contributed by atoms with Gasteiger partial charge in [-0.2, -0.15) is 0 Å². The molecule has 0 amide bonds. The van der Waals surface area contributed by atoms with Crippen LogP contribution in [0.2, 0.25) is 0 Å². The molecule has 0 N–H and O–H groups in total. The van der Waals surface area contributed by atoms with Crippen molar-refractivity contribution in [3.63, 3.8) is 0 Å². The summed E-state index contributed by atoms with van der Waals surface area (Å²) in [5.41, 5.74) is 1.57. The lowest BCUT2D eigenvalue weighted by atomic mass is 11.6. The molecule has 0 bridgehead atoms. The highest BCUT2D eigenvalue weighted by molar-refractivity contribution is 7.86. The van der Waals surface area contributed by atoms with E-state index in [9.17, 15) is 4.21 Å². The molecule has 0 aliphatic rings. The number of aromatic nitrogens is 2. The fourth-order valence-corrected chi connectivity index (χ4v) is 1.40. The highest BCUT2D eigenvalue weighted by atomic mass is 32.2. The zero-order valence-electron chi connectivity index (χ0n) is 4.20. The van der Waals surface area contributed by atoms with Crippen LogP contribution in [-0.2, 0) is 10.8 Å². The minimum absolute atomic E-state index is 0.588. The Labute approximate surface area is 53.2 Å². The van der Waals surface area contributed by atoms with Crippen LogP contribution in [0.15, 0.2) is 9.85 Å². The molecule has 1 atom stereocenters.